The number of rotatable bonds is 3. The molecule has 1 rings (SSSR count). The minimum absolute atomic E-state index is 0.0144. The second kappa shape index (κ2) is 4.65. The van der Waals surface area contributed by atoms with Crippen molar-refractivity contribution in [2.75, 3.05) is 7.05 Å². The van der Waals surface area contributed by atoms with E-state index in [0.717, 1.165) is 12.8 Å². The highest BCUT2D eigenvalue weighted by atomic mass is 16.2. The van der Waals surface area contributed by atoms with E-state index in [1.54, 1.807) is 11.8 Å². The third kappa shape index (κ3) is 2.31. The fourth-order valence-corrected chi connectivity index (χ4v) is 2.12. The van der Waals surface area contributed by atoms with Crippen LogP contribution in [0.5, 0.6) is 0 Å². The first-order valence-electron chi connectivity index (χ1n) is 5.73. The number of amides is 1. The van der Waals surface area contributed by atoms with E-state index < -0.39 is 5.41 Å². The highest BCUT2D eigenvalue weighted by Gasteiger charge is 2.36. The van der Waals surface area contributed by atoms with Gasteiger partial charge in [-0.1, -0.05) is 19.8 Å². The molecule has 84 valence electrons. The molecule has 1 aliphatic rings. The maximum absolute atomic E-state index is 12.1. The van der Waals surface area contributed by atoms with Gasteiger partial charge in [0.1, 0.15) is 5.41 Å². The van der Waals surface area contributed by atoms with Crippen molar-refractivity contribution in [2.45, 2.75) is 52.0 Å². The van der Waals surface area contributed by atoms with E-state index in [9.17, 15) is 4.79 Å². The second-order valence-electron chi connectivity index (χ2n) is 4.65. The van der Waals surface area contributed by atoms with Crippen molar-refractivity contribution in [1.29, 1.82) is 5.26 Å². The third-order valence-electron chi connectivity index (χ3n) is 3.62. The van der Waals surface area contributed by atoms with Crippen LogP contribution in [0, 0.1) is 16.7 Å². The Morgan fingerprint density at radius 2 is 2.07 bits per heavy atom. The van der Waals surface area contributed by atoms with E-state index in [0.29, 0.717) is 12.5 Å². The Hall–Kier alpha value is -1.04. The molecule has 1 saturated carbocycles. The number of hydrogen-bond acceptors (Lipinski definition) is 2. The monoisotopic (exact) mass is 208 g/mol. The summed E-state index contributed by atoms with van der Waals surface area (Å²) in [5, 5.41) is 9.05. The van der Waals surface area contributed by atoms with Crippen LogP contribution in [0.2, 0.25) is 0 Å². The molecule has 0 aliphatic heterocycles. The highest BCUT2D eigenvalue weighted by Crippen LogP contribution is 2.28. The average molecular weight is 208 g/mol. The maximum Gasteiger partial charge on any atom is 0.242 e. The van der Waals surface area contributed by atoms with Crippen LogP contribution >= 0.6 is 0 Å². The van der Waals surface area contributed by atoms with Crippen LogP contribution in [-0.4, -0.2) is 23.9 Å². The van der Waals surface area contributed by atoms with E-state index >= 15 is 0 Å². The van der Waals surface area contributed by atoms with Gasteiger partial charge in [0.15, 0.2) is 0 Å². The van der Waals surface area contributed by atoms with E-state index in [-0.39, 0.29) is 5.91 Å². The fourth-order valence-electron chi connectivity index (χ4n) is 2.12. The zero-order valence-electron chi connectivity index (χ0n) is 9.92. The lowest BCUT2D eigenvalue weighted by Crippen LogP contribution is -2.43. The maximum atomic E-state index is 12.1. The van der Waals surface area contributed by atoms with Gasteiger partial charge in [-0.15, -0.1) is 0 Å². The molecule has 15 heavy (non-hydrogen) atoms. The first kappa shape index (κ1) is 12.0. The zero-order valence-corrected chi connectivity index (χ0v) is 9.92. The van der Waals surface area contributed by atoms with Gasteiger partial charge in [0, 0.05) is 13.1 Å². The Kier molecular flexibility index (Phi) is 3.73. The molecular formula is C12H20N2O. The molecule has 0 radical (unpaired) electrons. The zero-order chi connectivity index (χ0) is 11.5. The minimum Gasteiger partial charge on any atom is -0.341 e. The number of nitriles is 1. The van der Waals surface area contributed by atoms with E-state index in [1.807, 2.05) is 14.0 Å². The lowest BCUT2D eigenvalue weighted by atomic mass is 9.87. The Morgan fingerprint density at radius 1 is 1.53 bits per heavy atom. The van der Waals surface area contributed by atoms with Crippen LogP contribution in [0.3, 0.4) is 0 Å². The Bertz CT molecular complexity index is 276. The summed E-state index contributed by atoms with van der Waals surface area (Å²) in [5.41, 5.74) is -0.836. The van der Waals surface area contributed by atoms with Crippen LogP contribution in [0.1, 0.15) is 46.0 Å². The molecular weight excluding hydrogens is 188 g/mol. The second-order valence-corrected chi connectivity index (χ2v) is 4.65. The topological polar surface area (TPSA) is 44.1 Å². The molecule has 0 N–H and O–H groups in total. The van der Waals surface area contributed by atoms with Crippen molar-refractivity contribution in [3.63, 3.8) is 0 Å². The van der Waals surface area contributed by atoms with Gasteiger partial charge in [-0.25, -0.2) is 0 Å². The largest absolute Gasteiger partial charge is 0.341 e. The molecule has 1 aliphatic carbocycles. The third-order valence-corrected chi connectivity index (χ3v) is 3.62. The van der Waals surface area contributed by atoms with Crippen LogP contribution in [-0.2, 0) is 4.79 Å². The SMILES string of the molecule is CCC(C)(C#N)C(=O)N(C)C1CCCC1. The molecule has 0 heterocycles. The van der Waals surface area contributed by atoms with Crippen molar-refractivity contribution >= 4 is 5.91 Å². The molecule has 1 fully saturated rings. The Balaban J connectivity index is 2.71. The molecule has 1 atom stereocenters. The Labute approximate surface area is 92.1 Å². The predicted molar refractivity (Wildman–Crippen MR) is 59.0 cm³/mol. The first-order valence-corrected chi connectivity index (χ1v) is 5.73. The molecule has 0 aromatic heterocycles. The van der Waals surface area contributed by atoms with Crippen LogP contribution < -0.4 is 0 Å². The summed E-state index contributed by atoms with van der Waals surface area (Å²) in [7, 11) is 1.84. The summed E-state index contributed by atoms with van der Waals surface area (Å²) in [6, 6.07) is 2.50. The van der Waals surface area contributed by atoms with Gasteiger partial charge in [-0.3, -0.25) is 4.79 Å². The van der Waals surface area contributed by atoms with Crippen molar-refractivity contribution in [2.24, 2.45) is 5.41 Å². The fraction of sp³-hybridized carbons (Fsp3) is 0.833. The Morgan fingerprint density at radius 3 is 2.47 bits per heavy atom. The number of hydrogen-bond donors (Lipinski definition) is 0. The summed E-state index contributed by atoms with van der Waals surface area (Å²) >= 11 is 0. The van der Waals surface area contributed by atoms with Crippen molar-refractivity contribution in [3.8, 4) is 6.07 Å². The molecule has 3 heteroatoms. The minimum atomic E-state index is -0.836. The van der Waals surface area contributed by atoms with Gasteiger partial charge in [0.2, 0.25) is 5.91 Å². The van der Waals surface area contributed by atoms with Gasteiger partial charge in [-0.05, 0) is 26.2 Å². The molecule has 0 bridgehead atoms. The van der Waals surface area contributed by atoms with Crippen molar-refractivity contribution in [1.82, 2.24) is 4.90 Å². The summed E-state index contributed by atoms with van der Waals surface area (Å²) in [6.07, 6.45) is 5.18. The van der Waals surface area contributed by atoms with Crippen LogP contribution in [0.4, 0.5) is 0 Å². The molecule has 1 unspecified atom stereocenters. The molecule has 0 spiro atoms. The number of nitrogens with zero attached hydrogens (tertiary/aromatic N) is 2. The summed E-state index contributed by atoms with van der Waals surface area (Å²) in [4.78, 5) is 13.9. The molecule has 1 amide bonds. The van der Waals surface area contributed by atoms with Gasteiger partial charge < -0.3 is 4.90 Å². The normalized spacial score (nSPS) is 20.7. The average Bonchev–Trinajstić information content (AvgIpc) is 2.79. The predicted octanol–water partition coefficient (Wildman–Crippen LogP) is 2.33. The van der Waals surface area contributed by atoms with Gasteiger partial charge in [-0.2, -0.15) is 5.26 Å². The summed E-state index contributed by atoms with van der Waals surface area (Å²) in [5.74, 6) is -0.0144. The van der Waals surface area contributed by atoms with Gasteiger partial charge in [0.05, 0.1) is 6.07 Å². The molecule has 0 saturated heterocycles. The lowest BCUT2D eigenvalue weighted by Gasteiger charge is -2.30. The number of carbonyl (C=O) groups is 1. The lowest BCUT2D eigenvalue weighted by molar-refractivity contribution is -0.139. The van der Waals surface area contributed by atoms with E-state index in [1.165, 1.54) is 12.8 Å². The van der Waals surface area contributed by atoms with Gasteiger partial charge >= 0.3 is 0 Å². The quantitative estimate of drug-likeness (QED) is 0.714. The van der Waals surface area contributed by atoms with Gasteiger partial charge in [0.25, 0.3) is 0 Å². The first-order chi connectivity index (χ1) is 7.05. The standard InChI is InChI=1S/C12H20N2O/c1-4-12(2,9-13)11(15)14(3)10-7-5-6-8-10/h10H,4-8H2,1-3H3. The molecule has 0 aromatic rings. The smallest absolute Gasteiger partial charge is 0.242 e. The van der Waals surface area contributed by atoms with E-state index in [4.69, 9.17) is 5.26 Å². The molecule has 3 nitrogen and oxygen atoms in total. The highest BCUT2D eigenvalue weighted by molar-refractivity contribution is 5.85. The van der Waals surface area contributed by atoms with Crippen LogP contribution in [0.15, 0.2) is 0 Å². The van der Waals surface area contributed by atoms with Crippen LogP contribution in [0.25, 0.3) is 0 Å². The molecule has 0 aromatic carbocycles. The van der Waals surface area contributed by atoms with Crippen molar-refractivity contribution in [3.05, 3.63) is 0 Å². The summed E-state index contributed by atoms with van der Waals surface area (Å²) < 4.78 is 0. The number of carbonyl (C=O) groups excluding carboxylic acids is 1. The van der Waals surface area contributed by atoms with E-state index in [2.05, 4.69) is 6.07 Å². The summed E-state index contributed by atoms with van der Waals surface area (Å²) in [6.45, 7) is 3.63. The van der Waals surface area contributed by atoms with Crippen molar-refractivity contribution < 1.29 is 4.79 Å².